The van der Waals surface area contributed by atoms with E-state index in [2.05, 4.69) is 124 Å². The van der Waals surface area contributed by atoms with Gasteiger partial charge < -0.3 is 0 Å². The van der Waals surface area contributed by atoms with Gasteiger partial charge in [0.25, 0.3) is 0 Å². The zero-order chi connectivity index (χ0) is 21.5. The number of pyridine rings is 2. The van der Waals surface area contributed by atoms with Crippen LogP contribution in [0.2, 0.25) is 0 Å². The van der Waals surface area contributed by atoms with E-state index in [0.29, 0.717) is 0 Å². The average Bonchev–Trinajstić information content (AvgIpc) is 2.68. The molecule has 0 atom stereocenters. The second-order valence-corrected chi connectivity index (χ2v) is 9.65. The van der Waals surface area contributed by atoms with E-state index in [1.807, 2.05) is 0 Å². The van der Waals surface area contributed by atoms with Crippen LogP contribution in [0, 0.1) is 12.3 Å². The molecule has 0 saturated carbocycles. The highest BCUT2D eigenvalue weighted by atomic mass is 14.9. The lowest BCUT2D eigenvalue weighted by Gasteiger charge is -2.20. The van der Waals surface area contributed by atoms with Crippen LogP contribution in [-0.4, -0.2) is 0 Å². The molecule has 0 spiro atoms. The Bertz CT molecular complexity index is 1230. The maximum atomic E-state index is 2.40. The van der Waals surface area contributed by atoms with Gasteiger partial charge in [-0.05, 0) is 59.5 Å². The van der Waals surface area contributed by atoms with Gasteiger partial charge in [-0.25, -0.2) is 9.13 Å². The largest absolute Gasteiger partial charge is 0.213 e. The van der Waals surface area contributed by atoms with Crippen LogP contribution in [0.3, 0.4) is 0 Å². The fourth-order valence-electron chi connectivity index (χ4n) is 4.38. The third-order valence-corrected chi connectivity index (χ3v) is 5.81. The van der Waals surface area contributed by atoms with Crippen molar-refractivity contribution in [2.75, 3.05) is 0 Å². The number of hydrogen-bond acceptors (Lipinski definition) is 0. The number of benzene rings is 2. The predicted molar refractivity (Wildman–Crippen MR) is 125 cm³/mol. The first-order valence-corrected chi connectivity index (χ1v) is 10.7. The first-order valence-electron chi connectivity index (χ1n) is 10.7. The van der Waals surface area contributed by atoms with Crippen LogP contribution in [0.15, 0.2) is 73.1 Å². The smallest absolute Gasteiger partial charge is 0.201 e. The second-order valence-electron chi connectivity index (χ2n) is 9.65. The van der Waals surface area contributed by atoms with Crippen LogP contribution in [-0.2, 0) is 20.5 Å². The molecule has 2 aromatic heterocycles. The van der Waals surface area contributed by atoms with Gasteiger partial charge in [-0.1, -0.05) is 39.0 Å². The fraction of sp³-hybridized carbons (Fsp3) is 0.286. The van der Waals surface area contributed by atoms with Gasteiger partial charge in [0.1, 0.15) is 14.1 Å². The summed E-state index contributed by atoms with van der Waals surface area (Å²) in [6, 6.07) is 22.1. The molecule has 0 aliphatic carbocycles. The summed E-state index contributed by atoms with van der Waals surface area (Å²) >= 11 is 0. The van der Waals surface area contributed by atoms with Gasteiger partial charge in [0.2, 0.25) is 11.4 Å². The Morgan fingerprint density at radius 2 is 1.37 bits per heavy atom. The van der Waals surface area contributed by atoms with Crippen molar-refractivity contribution in [3.8, 4) is 22.5 Å². The summed E-state index contributed by atoms with van der Waals surface area (Å²) in [4.78, 5) is 0. The molecule has 152 valence electrons. The Morgan fingerprint density at radius 1 is 0.733 bits per heavy atom. The minimum Gasteiger partial charge on any atom is -0.201 e. The Hall–Kier alpha value is -3.00. The van der Waals surface area contributed by atoms with E-state index in [-0.39, 0.29) is 5.41 Å². The quantitative estimate of drug-likeness (QED) is 0.391. The van der Waals surface area contributed by atoms with Crippen molar-refractivity contribution < 1.29 is 9.13 Å². The van der Waals surface area contributed by atoms with E-state index in [9.17, 15) is 0 Å². The fourth-order valence-corrected chi connectivity index (χ4v) is 4.38. The van der Waals surface area contributed by atoms with Gasteiger partial charge in [0.15, 0.2) is 12.4 Å². The molecule has 0 N–H and O–H groups in total. The standard InChI is InChI=1S/C28H32N2/c1-20-24(26-13-9-10-14-29(26)5)15-21(18-28(2,3)4)16-25(20)27-17-22-11-7-8-12-23(22)19-30(27)6/h7-17,19H,18H2,1-6H3/q+2. The number of fused-ring (bicyclic) bond motifs is 1. The number of aromatic nitrogens is 2. The van der Waals surface area contributed by atoms with Crippen LogP contribution < -0.4 is 9.13 Å². The van der Waals surface area contributed by atoms with E-state index < -0.39 is 0 Å². The molecular weight excluding hydrogens is 364 g/mol. The molecule has 2 heterocycles. The lowest BCUT2D eigenvalue weighted by atomic mass is 9.84. The van der Waals surface area contributed by atoms with Crippen molar-refractivity contribution in [2.45, 2.75) is 34.1 Å². The molecule has 0 aliphatic rings. The third-order valence-electron chi connectivity index (χ3n) is 5.81. The molecule has 0 aliphatic heterocycles. The topological polar surface area (TPSA) is 7.76 Å². The van der Waals surface area contributed by atoms with E-state index in [4.69, 9.17) is 0 Å². The molecule has 0 unspecified atom stereocenters. The molecule has 4 aromatic rings. The van der Waals surface area contributed by atoms with Crippen molar-refractivity contribution >= 4 is 10.8 Å². The van der Waals surface area contributed by atoms with Crippen molar-refractivity contribution in [3.05, 3.63) is 84.2 Å². The Balaban J connectivity index is 2.00. The van der Waals surface area contributed by atoms with Crippen molar-refractivity contribution in [3.63, 3.8) is 0 Å². The predicted octanol–water partition coefficient (Wildman–Crippen LogP) is 5.72. The van der Waals surface area contributed by atoms with Crippen molar-refractivity contribution in [1.82, 2.24) is 0 Å². The molecule has 0 bridgehead atoms. The molecule has 0 amide bonds. The molecule has 2 heteroatoms. The highest BCUT2D eigenvalue weighted by Crippen LogP contribution is 2.34. The SMILES string of the molecule is Cc1c(-c2cccc[n+]2C)cc(CC(C)(C)C)cc1-c1cc2ccccc2c[n+]1C. The maximum Gasteiger partial charge on any atom is 0.213 e. The van der Waals surface area contributed by atoms with Gasteiger partial charge in [-0.15, -0.1) is 0 Å². The van der Waals surface area contributed by atoms with Crippen molar-refractivity contribution in [2.24, 2.45) is 19.5 Å². The summed E-state index contributed by atoms with van der Waals surface area (Å²) in [5.74, 6) is 0. The summed E-state index contributed by atoms with van der Waals surface area (Å²) in [5, 5.41) is 2.54. The second kappa shape index (κ2) is 7.68. The Kier molecular flexibility index (Phi) is 5.19. The summed E-state index contributed by atoms with van der Waals surface area (Å²) in [6.45, 7) is 9.19. The van der Waals surface area contributed by atoms with Gasteiger partial charge in [-0.2, -0.15) is 0 Å². The molecule has 0 fully saturated rings. The number of hydrogen-bond donors (Lipinski definition) is 0. The normalized spacial score (nSPS) is 11.8. The van der Waals surface area contributed by atoms with Gasteiger partial charge in [0, 0.05) is 23.6 Å². The van der Waals surface area contributed by atoms with Crippen LogP contribution in [0.5, 0.6) is 0 Å². The Morgan fingerprint density at radius 3 is 2.03 bits per heavy atom. The molecular formula is C28H32N2+2. The van der Waals surface area contributed by atoms with E-state index in [1.54, 1.807) is 0 Å². The zero-order valence-corrected chi connectivity index (χ0v) is 19.0. The van der Waals surface area contributed by atoms with E-state index >= 15 is 0 Å². The molecule has 4 rings (SSSR count). The van der Waals surface area contributed by atoms with Gasteiger partial charge in [0.05, 0.1) is 11.1 Å². The highest BCUT2D eigenvalue weighted by Gasteiger charge is 2.22. The molecule has 0 radical (unpaired) electrons. The van der Waals surface area contributed by atoms with Crippen LogP contribution >= 0.6 is 0 Å². The third kappa shape index (κ3) is 4.00. The Labute approximate surface area is 180 Å². The molecule has 2 aromatic carbocycles. The first kappa shape index (κ1) is 20.3. The highest BCUT2D eigenvalue weighted by molar-refractivity contribution is 5.85. The van der Waals surface area contributed by atoms with E-state index in [0.717, 1.165) is 6.42 Å². The summed E-state index contributed by atoms with van der Waals surface area (Å²) < 4.78 is 4.48. The van der Waals surface area contributed by atoms with Crippen LogP contribution in [0.25, 0.3) is 33.3 Å². The van der Waals surface area contributed by atoms with Crippen LogP contribution in [0.1, 0.15) is 31.9 Å². The lowest BCUT2D eigenvalue weighted by Crippen LogP contribution is -2.31. The minimum atomic E-state index is 0.230. The average molecular weight is 397 g/mol. The summed E-state index contributed by atoms with van der Waals surface area (Å²) in [7, 11) is 4.28. The van der Waals surface area contributed by atoms with Crippen molar-refractivity contribution in [1.29, 1.82) is 0 Å². The van der Waals surface area contributed by atoms with E-state index in [1.165, 1.54) is 44.4 Å². The zero-order valence-electron chi connectivity index (χ0n) is 19.0. The monoisotopic (exact) mass is 396 g/mol. The molecule has 2 nitrogen and oxygen atoms in total. The van der Waals surface area contributed by atoms with Crippen LogP contribution in [0.4, 0.5) is 0 Å². The number of rotatable bonds is 3. The molecule has 0 saturated heterocycles. The lowest BCUT2D eigenvalue weighted by molar-refractivity contribution is -0.660. The van der Waals surface area contributed by atoms with Gasteiger partial charge in [-0.3, -0.25) is 0 Å². The summed E-state index contributed by atoms with van der Waals surface area (Å²) in [5.41, 5.74) is 8.05. The first-order chi connectivity index (χ1) is 14.2. The maximum absolute atomic E-state index is 2.40. The minimum absolute atomic E-state index is 0.230. The van der Waals surface area contributed by atoms with Gasteiger partial charge >= 0.3 is 0 Å². The number of aryl methyl sites for hydroxylation is 2. The molecule has 30 heavy (non-hydrogen) atoms. The summed E-state index contributed by atoms with van der Waals surface area (Å²) in [6.07, 6.45) is 5.41. The number of nitrogens with zero attached hydrogens (tertiary/aromatic N) is 2.